The second kappa shape index (κ2) is 3.38. The van der Waals surface area contributed by atoms with E-state index in [1.807, 2.05) is 5.43 Å². The molecule has 1 rings (SSSR count). The molecule has 2 N–H and O–H groups in total. The summed E-state index contributed by atoms with van der Waals surface area (Å²) in [7, 11) is -4.29. The molecule has 6 nitrogen and oxygen atoms in total. The van der Waals surface area contributed by atoms with Crippen LogP contribution in [0, 0.1) is 5.39 Å². The van der Waals surface area contributed by atoms with Crippen molar-refractivity contribution in [2.24, 2.45) is 0 Å². The molecule has 0 spiro atoms. The SMILES string of the molecule is N#[N+]Nc1ccccc1S(=O)(=O)O. The average Bonchev–Trinajstić information content (AvgIpc) is 2.04. The highest BCUT2D eigenvalue weighted by Crippen LogP contribution is 2.19. The van der Waals surface area contributed by atoms with Crippen molar-refractivity contribution in [2.45, 2.75) is 4.90 Å². The van der Waals surface area contributed by atoms with Crippen LogP contribution in [0.2, 0.25) is 0 Å². The van der Waals surface area contributed by atoms with Crippen molar-refractivity contribution in [3.63, 3.8) is 0 Å². The molecule has 0 aliphatic rings. The maximum Gasteiger partial charge on any atom is 0.308 e. The van der Waals surface area contributed by atoms with Crippen molar-refractivity contribution in [2.75, 3.05) is 5.43 Å². The monoisotopic (exact) mass is 200 g/mol. The van der Waals surface area contributed by atoms with Crippen LogP contribution < -0.4 is 5.43 Å². The van der Waals surface area contributed by atoms with Gasteiger partial charge in [0.15, 0.2) is 0 Å². The Bertz CT molecular complexity index is 448. The summed E-state index contributed by atoms with van der Waals surface area (Å²) in [6, 6.07) is 5.50. The second-order valence-electron chi connectivity index (χ2n) is 2.18. The molecule has 0 unspecified atom stereocenters. The van der Waals surface area contributed by atoms with Gasteiger partial charge in [0.1, 0.15) is 10.6 Å². The third kappa shape index (κ3) is 2.14. The third-order valence-corrected chi connectivity index (χ3v) is 2.25. The highest BCUT2D eigenvalue weighted by atomic mass is 32.2. The van der Waals surface area contributed by atoms with E-state index in [-0.39, 0.29) is 10.6 Å². The number of hydrogen-bond acceptors (Lipinski definition) is 4. The Morgan fingerprint density at radius 2 is 2.00 bits per heavy atom. The Kier molecular flexibility index (Phi) is 2.46. The normalized spacial score (nSPS) is 10.5. The molecule has 1 aromatic rings. The van der Waals surface area contributed by atoms with E-state index in [0.717, 1.165) is 0 Å². The van der Waals surface area contributed by atoms with Crippen LogP contribution >= 0.6 is 0 Å². The van der Waals surface area contributed by atoms with Crippen LogP contribution in [0.15, 0.2) is 29.2 Å². The molecule has 0 aromatic heterocycles. The van der Waals surface area contributed by atoms with Crippen LogP contribution in [-0.4, -0.2) is 13.0 Å². The molecule has 68 valence electrons. The lowest BCUT2D eigenvalue weighted by atomic mass is 10.3. The molecule has 7 heteroatoms. The van der Waals surface area contributed by atoms with E-state index in [0.29, 0.717) is 0 Å². The molecule has 0 radical (unpaired) electrons. The van der Waals surface area contributed by atoms with E-state index >= 15 is 0 Å². The molecule has 0 fully saturated rings. The van der Waals surface area contributed by atoms with Crippen molar-refractivity contribution in [3.8, 4) is 0 Å². The molecule has 0 aliphatic carbocycles. The van der Waals surface area contributed by atoms with Gasteiger partial charge in [0.25, 0.3) is 15.5 Å². The molecule has 0 amide bonds. The highest BCUT2D eigenvalue weighted by molar-refractivity contribution is 7.86. The number of nitrogens with one attached hydrogen (secondary N) is 1. The Balaban J connectivity index is 3.30. The highest BCUT2D eigenvalue weighted by Gasteiger charge is 2.16. The summed E-state index contributed by atoms with van der Waals surface area (Å²) in [6.07, 6.45) is 0. The van der Waals surface area contributed by atoms with Gasteiger partial charge in [-0.3, -0.25) is 4.55 Å². The van der Waals surface area contributed by atoms with Crippen molar-refractivity contribution in [3.05, 3.63) is 29.4 Å². The van der Waals surface area contributed by atoms with Gasteiger partial charge in [0, 0.05) is 0 Å². The number of anilines is 1. The summed E-state index contributed by atoms with van der Waals surface area (Å²) in [5.41, 5.74) is 2.03. The van der Waals surface area contributed by atoms with E-state index in [9.17, 15) is 8.42 Å². The largest absolute Gasteiger partial charge is 0.308 e. The predicted octanol–water partition coefficient (Wildman–Crippen LogP) is 1.11. The van der Waals surface area contributed by atoms with Crippen molar-refractivity contribution in [1.82, 2.24) is 0 Å². The molecule has 0 saturated heterocycles. The first-order valence-electron chi connectivity index (χ1n) is 3.22. The molecule has 0 atom stereocenters. The molecule has 1 aromatic carbocycles. The standard InChI is InChI=1S/C6H5N3O3S/c7-9-8-5-3-1-2-4-6(5)13(10,11)12/h1-4,8H/p+1. The summed E-state index contributed by atoms with van der Waals surface area (Å²) in [4.78, 5) is -0.340. The minimum Gasteiger partial charge on any atom is -0.282 e. The van der Waals surface area contributed by atoms with Crippen LogP contribution in [0.5, 0.6) is 0 Å². The van der Waals surface area contributed by atoms with Crippen LogP contribution in [0.1, 0.15) is 0 Å². The van der Waals surface area contributed by atoms with Gasteiger partial charge < -0.3 is 0 Å². The fourth-order valence-electron chi connectivity index (χ4n) is 0.838. The van der Waals surface area contributed by atoms with Gasteiger partial charge in [-0.05, 0) is 17.6 Å². The zero-order chi connectivity index (χ0) is 9.90. The van der Waals surface area contributed by atoms with Crippen molar-refractivity contribution >= 4 is 15.8 Å². The minimum atomic E-state index is -4.29. The number of para-hydroxylation sites is 1. The fourth-order valence-corrected chi connectivity index (χ4v) is 1.48. The van der Waals surface area contributed by atoms with Crippen LogP contribution in [0.4, 0.5) is 5.69 Å². The van der Waals surface area contributed by atoms with Gasteiger partial charge in [-0.2, -0.15) is 8.42 Å². The second-order valence-corrected chi connectivity index (χ2v) is 3.57. The van der Waals surface area contributed by atoms with Gasteiger partial charge in [-0.1, -0.05) is 12.1 Å². The number of benzene rings is 1. The van der Waals surface area contributed by atoms with E-state index in [1.165, 1.54) is 24.3 Å². The summed E-state index contributed by atoms with van der Waals surface area (Å²) >= 11 is 0. The van der Waals surface area contributed by atoms with Crippen molar-refractivity contribution in [1.29, 1.82) is 5.39 Å². The molecular weight excluding hydrogens is 194 g/mol. The van der Waals surface area contributed by atoms with Gasteiger partial charge in [-0.15, -0.1) is 0 Å². The first-order chi connectivity index (χ1) is 6.05. The molecule has 0 aliphatic heterocycles. The zero-order valence-corrected chi connectivity index (χ0v) is 7.19. The lowest BCUT2D eigenvalue weighted by Crippen LogP contribution is -2.01. The fraction of sp³-hybridized carbons (Fsp3) is 0. The van der Waals surface area contributed by atoms with E-state index < -0.39 is 10.1 Å². The maximum atomic E-state index is 10.7. The van der Waals surface area contributed by atoms with E-state index in [4.69, 9.17) is 9.95 Å². The quantitative estimate of drug-likeness (QED) is 0.423. The van der Waals surface area contributed by atoms with Gasteiger partial charge in [0.05, 0.1) is 0 Å². The number of nitrogens with zero attached hydrogens (tertiary/aromatic N) is 2. The molecule has 13 heavy (non-hydrogen) atoms. The topological polar surface area (TPSA) is 94.5 Å². The Morgan fingerprint density at radius 3 is 2.54 bits per heavy atom. The summed E-state index contributed by atoms with van der Waals surface area (Å²) in [5.74, 6) is 0. The number of hydrogen-bond donors (Lipinski definition) is 2. The molecular formula is C6H6N3O3S+. The Hall–Kier alpha value is -1.65. The van der Waals surface area contributed by atoms with E-state index in [2.05, 4.69) is 5.08 Å². The summed E-state index contributed by atoms with van der Waals surface area (Å²) < 4.78 is 30.1. The van der Waals surface area contributed by atoms with Gasteiger partial charge in [0.2, 0.25) is 0 Å². The summed E-state index contributed by atoms with van der Waals surface area (Å²) in [5, 5.41) is 10.7. The smallest absolute Gasteiger partial charge is 0.282 e. The number of rotatable bonds is 2. The average molecular weight is 200 g/mol. The van der Waals surface area contributed by atoms with Crippen LogP contribution in [0.25, 0.3) is 5.08 Å². The molecule has 0 heterocycles. The van der Waals surface area contributed by atoms with Crippen LogP contribution in [0.3, 0.4) is 0 Å². The maximum absolute atomic E-state index is 10.7. The molecule has 0 bridgehead atoms. The Labute approximate surface area is 74.5 Å². The number of diazo groups is 1. The lowest BCUT2D eigenvalue weighted by molar-refractivity contribution is 0.483. The zero-order valence-electron chi connectivity index (χ0n) is 6.38. The first-order valence-corrected chi connectivity index (χ1v) is 4.66. The Morgan fingerprint density at radius 1 is 1.38 bits per heavy atom. The van der Waals surface area contributed by atoms with Gasteiger partial charge >= 0.3 is 5.08 Å². The van der Waals surface area contributed by atoms with Crippen LogP contribution in [-0.2, 0) is 10.1 Å². The lowest BCUT2D eigenvalue weighted by Gasteiger charge is -1.97. The van der Waals surface area contributed by atoms with Gasteiger partial charge in [-0.25, -0.2) is 0 Å². The molecule has 0 saturated carbocycles. The summed E-state index contributed by atoms with van der Waals surface area (Å²) in [6.45, 7) is 0. The van der Waals surface area contributed by atoms with Crippen molar-refractivity contribution < 1.29 is 13.0 Å². The predicted molar refractivity (Wildman–Crippen MR) is 45.0 cm³/mol. The third-order valence-electron chi connectivity index (χ3n) is 1.34. The minimum absolute atomic E-state index is 0.00694. The van der Waals surface area contributed by atoms with E-state index in [1.54, 1.807) is 0 Å². The first kappa shape index (κ1) is 9.44.